The molecule has 0 atom stereocenters. The van der Waals surface area contributed by atoms with Gasteiger partial charge in [-0.3, -0.25) is 4.79 Å². The van der Waals surface area contributed by atoms with Crippen molar-refractivity contribution in [3.8, 4) is 0 Å². The molecular formula is C15H25N3O. The maximum absolute atomic E-state index is 12.2. The van der Waals surface area contributed by atoms with E-state index in [1.54, 1.807) is 0 Å². The molecule has 1 aromatic heterocycles. The van der Waals surface area contributed by atoms with E-state index < -0.39 is 0 Å². The summed E-state index contributed by atoms with van der Waals surface area (Å²) in [6, 6.07) is 4.37. The fraction of sp³-hybridized carbons (Fsp3) is 0.667. The van der Waals surface area contributed by atoms with E-state index in [0.717, 1.165) is 44.6 Å². The summed E-state index contributed by atoms with van der Waals surface area (Å²) in [4.78, 5) is 12.2. The van der Waals surface area contributed by atoms with Gasteiger partial charge >= 0.3 is 0 Å². The third kappa shape index (κ3) is 3.83. The number of rotatable bonds is 6. The monoisotopic (exact) mass is 263 g/mol. The summed E-state index contributed by atoms with van der Waals surface area (Å²) in [5.41, 5.74) is 0.809. The van der Waals surface area contributed by atoms with Crippen LogP contribution in [0.2, 0.25) is 0 Å². The molecule has 1 aliphatic heterocycles. The number of nitrogens with one attached hydrogen (secondary N) is 2. The molecule has 1 amide bonds. The predicted octanol–water partition coefficient (Wildman–Crippen LogP) is 2.33. The van der Waals surface area contributed by atoms with Crippen LogP contribution in [0.25, 0.3) is 0 Å². The third-order valence-electron chi connectivity index (χ3n) is 3.78. The highest BCUT2D eigenvalue weighted by atomic mass is 16.1. The van der Waals surface area contributed by atoms with Crippen molar-refractivity contribution in [3.05, 3.63) is 24.0 Å². The lowest BCUT2D eigenvalue weighted by Crippen LogP contribution is -2.32. The minimum absolute atomic E-state index is 0.0691. The molecule has 0 aliphatic carbocycles. The zero-order chi connectivity index (χ0) is 13.5. The molecule has 4 heteroatoms. The molecule has 2 N–H and O–H groups in total. The van der Waals surface area contributed by atoms with Crippen molar-refractivity contribution in [2.24, 2.45) is 0 Å². The van der Waals surface area contributed by atoms with Gasteiger partial charge < -0.3 is 15.2 Å². The molecule has 19 heavy (non-hydrogen) atoms. The second kappa shape index (κ2) is 7.34. The zero-order valence-corrected chi connectivity index (χ0v) is 11.8. The van der Waals surface area contributed by atoms with E-state index in [-0.39, 0.29) is 5.91 Å². The van der Waals surface area contributed by atoms with Crippen LogP contribution in [0.3, 0.4) is 0 Å². The van der Waals surface area contributed by atoms with Crippen LogP contribution in [0.1, 0.15) is 55.6 Å². The van der Waals surface area contributed by atoms with Crippen LogP contribution in [0.15, 0.2) is 18.3 Å². The van der Waals surface area contributed by atoms with E-state index >= 15 is 0 Å². The molecule has 1 fully saturated rings. The van der Waals surface area contributed by atoms with E-state index in [9.17, 15) is 4.79 Å². The molecule has 0 bridgehead atoms. The van der Waals surface area contributed by atoms with Gasteiger partial charge in [0.2, 0.25) is 0 Å². The van der Waals surface area contributed by atoms with Gasteiger partial charge in [0, 0.05) is 18.8 Å². The van der Waals surface area contributed by atoms with Gasteiger partial charge in [0.1, 0.15) is 5.69 Å². The second-order valence-electron chi connectivity index (χ2n) is 5.24. The smallest absolute Gasteiger partial charge is 0.267 e. The van der Waals surface area contributed by atoms with Crippen molar-refractivity contribution in [1.29, 1.82) is 0 Å². The van der Waals surface area contributed by atoms with Crippen molar-refractivity contribution in [2.45, 2.75) is 45.1 Å². The molecular weight excluding hydrogens is 238 g/mol. The van der Waals surface area contributed by atoms with Crippen molar-refractivity contribution in [2.75, 3.05) is 19.6 Å². The van der Waals surface area contributed by atoms with Gasteiger partial charge in [0.15, 0.2) is 0 Å². The highest BCUT2D eigenvalue weighted by molar-refractivity contribution is 5.92. The van der Waals surface area contributed by atoms with Crippen molar-refractivity contribution in [1.82, 2.24) is 15.2 Å². The minimum Gasteiger partial charge on any atom is -0.351 e. The quantitative estimate of drug-likeness (QED) is 0.774. The highest BCUT2D eigenvalue weighted by Gasteiger charge is 2.19. The van der Waals surface area contributed by atoms with Crippen molar-refractivity contribution in [3.63, 3.8) is 0 Å². The highest BCUT2D eigenvalue weighted by Crippen LogP contribution is 2.21. The van der Waals surface area contributed by atoms with Gasteiger partial charge in [-0.15, -0.1) is 0 Å². The van der Waals surface area contributed by atoms with Gasteiger partial charge in [0.25, 0.3) is 5.91 Å². The van der Waals surface area contributed by atoms with Crippen LogP contribution in [0, 0.1) is 0 Å². The van der Waals surface area contributed by atoms with Crippen LogP contribution in [0.4, 0.5) is 0 Å². The summed E-state index contributed by atoms with van der Waals surface area (Å²) < 4.78 is 2.15. The van der Waals surface area contributed by atoms with Crippen LogP contribution in [0.5, 0.6) is 0 Å². The molecule has 1 aromatic rings. The van der Waals surface area contributed by atoms with Crippen LogP contribution >= 0.6 is 0 Å². The molecule has 106 valence electrons. The summed E-state index contributed by atoms with van der Waals surface area (Å²) in [5.74, 6) is 0.0691. The molecule has 0 aromatic carbocycles. The lowest BCUT2D eigenvalue weighted by molar-refractivity contribution is 0.0940. The Kier molecular flexibility index (Phi) is 5.45. The van der Waals surface area contributed by atoms with Crippen molar-refractivity contribution < 1.29 is 4.79 Å². The Bertz CT molecular complexity index is 394. The number of carbonyl (C=O) groups is 1. The summed E-state index contributed by atoms with van der Waals surface area (Å²) >= 11 is 0. The Hall–Kier alpha value is -1.29. The predicted molar refractivity (Wildman–Crippen MR) is 77.4 cm³/mol. The number of aromatic nitrogens is 1. The number of nitrogens with zero attached hydrogens (tertiary/aromatic N) is 1. The lowest BCUT2D eigenvalue weighted by Gasteiger charge is -2.25. The third-order valence-corrected chi connectivity index (χ3v) is 3.78. The topological polar surface area (TPSA) is 46.1 Å². The molecule has 1 saturated heterocycles. The maximum atomic E-state index is 12.2. The number of hydrogen-bond acceptors (Lipinski definition) is 2. The van der Waals surface area contributed by atoms with E-state index in [1.807, 2.05) is 18.3 Å². The molecule has 2 rings (SSSR count). The van der Waals surface area contributed by atoms with E-state index in [1.165, 1.54) is 12.8 Å². The average Bonchev–Trinajstić information content (AvgIpc) is 2.94. The average molecular weight is 263 g/mol. The first-order valence-corrected chi connectivity index (χ1v) is 7.48. The molecule has 0 radical (unpaired) electrons. The second-order valence-corrected chi connectivity index (χ2v) is 5.24. The number of amides is 1. The number of piperidine rings is 1. The largest absolute Gasteiger partial charge is 0.351 e. The molecule has 1 aliphatic rings. The van der Waals surface area contributed by atoms with Gasteiger partial charge in [-0.05, 0) is 44.5 Å². The van der Waals surface area contributed by atoms with E-state index in [4.69, 9.17) is 0 Å². The number of unbranched alkanes of at least 4 members (excludes halogenated alkanes) is 2. The Labute approximate surface area is 115 Å². The van der Waals surface area contributed by atoms with Gasteiger partial charge in [-0.25, -0.2) is 0 Å². The Morgan fingerprint density at radius 3 is 2.95 bits per heavy atom. The Morgan fingerprint density at radius 2 is 2.21 bits per heavy atom. The Balaban J connectivity index is 1.92. The fourth-order valence-electron chi connectivity index (χ4n) is 2.66. The molecule has 0 unspecified atom stereocenters. The standard InChI is InChI=1S/C15H25N3O/c1-2-3-4-9-17-15(19)14-6-5-12-18(14)13-7-10-16-11-8-13/h5-6,12-13,16H,2-4,7-11H2,1H3,(H,17,19). The van der Waals surface area contributed by atoms with Gasteiger partial charge in [-0.1, -0.05) is 19.8 Å². The minimum atomic E-state index is 0.0691. The Morgan fingerprint density at radius 1 is 1.42 bits per heavy atom. The first-order chi connectivity index (χ1) is 9.33. The van der Waals surface area contributed by atoms with Crippen molar-refractivity contribution >= 4 is 5.91 Å². The number of carbonyl (C=O) groups excluding carboxylic acids is 1. The first kappa shape index (κ1) is 14.1. The van der Waals surface area contributed by atoms with Crippen LogP contribution in [-0.4, -0.2) is 30.1 Å². The SMILES string of the molecule is CCCCCNC(=O)c1cccn1C1CCNCC1. The summed E-state index contributed by atoms with van der Waals surface area (Å²) in [6.07, 6.45) is 7.67. The molecule has 2 heterocycles. The van der Waals surface area contributed by atoms with Crippen LogP contribution in [-0.2, 0) is 0 Å². The fourth-order valence-corrected chi connectivity index (χ4v) is 2.66. The molecule has 0 spiro atoms. The van der Waals surface area contributed by atoms with Gasteiger partial charge in [0.05, 0.1) is 0 Å². The van der Waals surface area contributed by atoms with E-state index in [0.29, 0.717) is 6.04 Å². The van der Waals surface area contributed by atoms with Crippen LogP contribution < -0.4 is 10.6 Å². The molecule has 0 saturated carbocycles. The normalized spacial score (nSPS) is 16.5. The lowest BCUT2D eigenvalue weighted by atomic mass is 10.1. The summed E-state index contributed by atoms with van der Waals surface area (Å²) in [7, 11) is 0. The first-order valence-electron chi connectivity index (χ1n) is 7.48. The molecule has 4 nitrogen and oxygen atoms in total. The van der Waals surface area contributed by atoms with E-state index in [2.05, 4.69) is 22.1 Å². The summed E-state index contributed by atoms with van der Waals surface area (Å²) in [6.45, 7) is 5.04. The zero-order valence-electron chi connectivity index (χ0n) is 11.8. The van der Waals surface area contributed by atoms with Gasteiger partial charge in [-0.2, -0.15) is 0 Å². The maximum Gasteiger partial charge on any atom is 0.267 e. The summed E-state index contributed by atoms with van der Waals surface area (Å²) in [5, 5.41) is 6.38. The number of hydrogen-bond donors (Lipinski definition) is 2.